The van der Waals surface area contributed by atoms with Gasteiger partial charge in [0.25, 0.3) is 0 Å². The first-order chi connectivity index (χ1) is 22.4. The predicted octanol–water partition coefficient (Wildman–Crippen LogP) is 14.1. The molecule has 2 atom stereocenters. The topological polar surface area (TPSA) is 0 Å². The van der Waals surface area contributed by atoms with Crippen molar-refractivity contribution in [2.45, 2.75) is 89.4 Å². The fraction of sp³-hybridized carbons (Fsp3) is 0.378. The molecule has 1 heterocycles. The van der Waals surface area contributed by atoms with Gasteiger partial charge >= 0.3 is 285 Å². The molecule has 2 aliphatic carbocycles. The summed E-state index contributed by atoms with van der Waals surface area (Å²) in [6.45, 7) is 14.4. The van der Waals surface area contributed by atoms with Crippen molar-refractivity contribution < 1.29 is 20.0 Å². The molecule has 4 aromatic carbocycles. The van der Waals surface area contributed by atoms with Crippen molar-refractivity contribution in [3.8, 4) is 22.3 Å². The van der Waals surface area contributed by atoms with Gasteiger partial charge in [-0.1, -0.05) is 0 Å². The van der Waals surface area contributed by atoms with Crippen LogP contribution in [-0.4, -0.2) is 0 Å². The van der Waals surface area contributed by atoms with E-state index < -0.39 is 20.0 Å². The summed E-state index contributed by atoms with van der Waals surface area (Å²) in [6, 6.07) is 33.5. The molecule has 48 heavy (non-hydrogen) atoms. The average molecular weight is 844 g/mol. The van der Waals surface area contributed by atoms with Crippen molar-refractivity contribution in [3.05, 3.63) is 129 Å². The van der Waals surface area contributed by atoms with E-state index in [4.69, 9.17) is 0 Å². The minimum absolute atomic E-state index is 0. The third-order valence-electron chi connectivity index (χ3n) is 11.6. The minimum Gasteiger partial charge on any atom is -0.147 e. The first kappa shape index (κ1) is 37.1. The summed E-state index contributed by atoms with van der Waals surface area (Å²) in [5, 5.41) is 0. The number of aryl methyl sites for hydroxylation is 2. The molecule has 3 heteroatoms. The van der Waals surface area contributed by atoms with Crippen LogP contribution >= 0.6 is 24.8 Å². The molecule has 1 aliphatic heterocycles. The molecule has 0 saturated carbocycles. The zero-order valence-corrected chi connectivity index (χ0v) is 35.0. The van der Waals surface area contributed by atoms with Crippen LogP contribution in [0.5, 0.6) is 0 Å². The average Bonchev–Trinajstić information content (AvgIpc) is 3.63. The second-order valence-electron chi connectivity index (χ2n) is 15.1. The van der Waals surface area contributed by atoms with Gasteiger partial charge in [0, 0.05) is 0 Å². The molecular formula is C45H54Cl2Hf. The number of allylic oxidation sites excluding steroid dienone is 2. The first-order valence-electron chi connectivity index (χ1n) is 18.2. The number of hydrogen-bond acceptors (Lipinski definition) is 0. The number of halogens is 2. The maximum Gasteiger partial charge on any atom is -0.147 e. The van der Waals surface area contributed by atoms with Crippen molar-refractivity contribution in [1.82, 2.24) is 0 Å². The van der Waals surface area contributed by atoms with Crippen LogP contribution in [0.4, 0.5) is 0 Å². The van der Waals surface area contributed by atoms with Gasteiger partial charge in [-0.15, -0.1) is 24.8 Å². The van der Waals surface area contributed by atoms with Gasteiger partial charge in [0.05, 0.1) is 0 Å². The quantitative estimate of drug-likeness (QED) is 0.140. The standard InChI is InChI=1S/2C21H23.C3H6.2ClH.Hf/c2*1-4-6-16-9-11-17(12-10-16)20-8-5-7-18-13-19(15(2)3)14-21(18)20;1-3-2;;;/h2*5,7-15H,4,6H2,1-3H3;1-3H2;2*1H;. The molecule has 0 N–H and O–H groups in total. The van der Waals surface area contributed by atoms with Crippen LogP contribution < -0.4 is 0 Å². The van der Waals surface area contributed by atoms with E-state index in [1.165, 1.54) is 72.1 Å². The summed E-state index contributed by atoms with van der Waals surface area (Å²) in [7, 11) is 0. The normalized spacial score (nSPS) is 18.8. The van der Waals surface area contributed by atoms with Crippen molar-refractivity contribution in [1.29, 1.82) is 0 Å². The molecular weight excluding hydrogens is 790 g/mol. The Labute approximate surface area is 307 Å². The van der Waals surface area contributed by atoms with E-state index in [9.17, 15) is 0 Å². The molecule has 0 nitrogen and oxygen atoms in total. The van der Waals surface area contributed by atoms with Crippen molar-refractivity contribution in [3.63, 3.8) is 0 Å². The van der Waals surface area contributed by atoms with Gasteiger partial charge in [-0.3, -0.25) is 0 Å². The van der Waals surface area contributed by atoms with Crippen LogP contribution in [-0.2, 0) is 32.8 Å². The zero-order valence-electron chi connectivity index (χ0n) is 29.8. The fourth-order valence-corrected chi connectivity index (χ4v) is 32.8. The molecule has 252 valence electrons. The summed E-state index contributed by atoms with van der Waals surface area (Å²) >= 11 is -3.09. The molecule has 0 aromatic heterocycles. The van der Waals surface area contributed by atoms with E-state index >= 15 is 0 Å². The Hall–Kier alpha value is -2.19. The molecule has 0 radical (unpaired) electrons. The third kappa shape index (κ3) is 6.42. The predicted molar refractivity (Wildman–Crippen MR) is 212 cm³/mol. The first-order valence-corrected chi connectivity index (χ1v) is 27.5. The maximum atomic E-state index is 2.67. The van der Waals surface area contributed by atoms with E-state index in [0.29, 0.717) is 19.2 Å². The Balaban J connectivity index is 0.00000225. The van der Waals surface area contributed by atoms with Gasteiger partial charge in [0.1, 0.15) is 0 Å². The molecule has 7 rings (SSSR count). The summed E-state index contributed by atoms with van der Waals surface area (Å²) in [6.07, 6.45) is 11.5. The molecule has 1 saturated heterocycles. The number of fused-ring (bicyclic) bond motifs is 2. The van der Waals surface area contributed by atoms with Crippen LogP contribution in [0.3, 0.4) is 0 Å². The smallest absolute Gasteiger partial charge is 0.147 e. The molecule has 3 aliphatic rings. The van der Waals surface area contributed by atoms with Gasteiger partial charge < -0.3 is 0 Å². The molecule has 0 bridgehead atoms. The van der Waals surface area contributed by atoms with Crippen LogP contribution in [0.25, 0.3) is 34.4 Å². The van der Waals surface area contributed by atoms with Crippen LogP contribution in [0.15, 0.2) is 96.1 Å². The largest absolute Gasteiger partial charge is 0.147 e. The van der Waals surface area contributed by atoms with Crippen molar-refractivity contribution in [2.24, 2.45) is 11.8 Å². The van der Waals surface area contributed by atoms with Gasteiger partial charge in [0.15, 0.2) is 0 Å². The van der Waals surface area contributed by atoms with Crippen molar-refractivity contribution >= 4 is 37.0 Å². The second kappa shape index (κ2) is 15.4. The van der Waals surface area contributed by atoms with Crippen LogP contribution in [0, 0.1) is 11.8 Å². The van der Waals surface area contributed by atoms with Crippen LogP contribution in [0.1, 0.15) is 102 Å². The maximum absolute atomic E-state index is 3.09. The molecule has 0 spiro atoms. The molecule has 4 aromatic rings. The van der Waals surface area contributed by atoms with Gasteiger partial charge in [-0.05, 0) is 0 Å². The van der Waals surface area contributed by atoms with E-state index in [2.05, 4.69) is 139 Å². The Morgan fingerprint density at radius 2 is 0.958 bits per heavy atom. The third-order valence-corrected chi connectivity index (χ3v) is 33.7. The molecule has 0 amide bonds. The fourth-order valence-electron chi connectivity index (χ4n) is 9.25. The zero-order chi connectivity index (χ0) is 32.0. The Morgan fingerprint density at radius 1 is 0.562 bits per heavy atom. The number of hydrogen-bond donors (Lipinski definition) is 0. The van der Waals surface area contributed by atoms with E-state index in [0.717, 1.165) is 12.8 Å². The van der Waals surface area contributed by atoms with Gasteiger partial charge in [0.2, 0.25) is 0 Å². The van der Waals surface area contributed by atoms with Gasteiger partial charge in [-0.25, -0.2) is 0 Å². The molecule has 1 fully saturated rings. The number of benzene rings is 4. The van der Waals surface area contributed by atoms with E-state index in [1.54, 1.807) is 22.3 Å². The van der Waals surface area contributed by atoms with Crippen LogP contribution in [0.2, 0.25) is 8.35 Å². The van der Waals surface area contributed by atoms with Crippen molar-refractivity contribution in [2.75, 3.05) is 0 Å². The molecule has 2 unspecified atom stereocenters. The minimum atomic E-state index is -3.09. The summed E-state index contributed by atoms with van der Waals surface area (Å²) in [5.41, 5.74) is 18.4. The number of rotatable bonds is 10. The van der Waals surface area contributed by atoms with E-state index in [1.807, 2.05) is 0 Å². The summed E-state index contributed by atoms with van der Waals surface area (Å²) in [4.78, 5) is 0. The monoisotopic (exact) mass is 844 g/mol. The Morgan fingerprint density at radius 3 is 1.27 bits per heavy atom. The van der Waals surface area contributed by atoms with Gasteiger partial charge in [-0.2, -0.15) is 0 Å². The Kier molecular flexibility index (Phi) is 11.9. The Bertz CT molecular complexity index is 1660. The summed E-state index contributed by atoms with van der Waals surface area (Å²) in [5.74, 6) is 1.13. The second-order valence-corrected chi connectivity index (χ2v) is 31.7. The SMILES string of the molecule is CCCc1ccc(-c2cccc3c2C=C(C(C)C)[CH]3[Hf]2([CH]3C(C(C)C)=Cc4c(-c5ccc(CCC)cc5)cccc43)[CH2]C[CH2]2)cc1.Cl.Cl. The summed E-state index contributed by atoms with van der Waals surface area (Å²) < 4.78 is 4.37. The van der Waals surface area contributed by atoms with E-state index in [-0.39, 0.29) is 24.8 Å².